The number of carbonyl (C=O) groups is 2. The predicted molar refractivity (Wildman–Crippen MR) is 87.1 cm³/mol. The molecule has 5 nitrogen and oxygen atoms in total. The molecule has 120 valence electrons. The zero-order chi connectivity index (χ0) is 16.3. The summed E-state index contributed by atoms with van der Waals surface area (Å²) in [6.07, 6.45) is 0. The molecule has 2 amide bonds. The standard InChI is InChI=1S/C17H25N3O2/c1-17(2,3)16(22)18-14-8-6-5-7-13(14)15(21)20-11-9-19(4)10-12-20/h5-8H,9-12H2,1-4H3,(H,18,22)/p+1. The Morgan fingerprint density at radius 1 is 1.14 bits per heavy atom. The molecule has 0 aromatic heterocycles. The van der Waals surface area contributed by atoms with Gasteiger partial charge in [0.2, 0.25) is 5.91 Å². The maximum atomic E-state index is 12.7. The number of quaternary nitrogens is 1. The van der Waals surface area contributed by atoms with Gasteiger partial charge in [0.15, 0.2) is 0 Å². The quantitative estimate of drug-likeness (QED) is 0.842. The first-order chi connectivity index (χ1) is 10.3. The lowest BCUT2D eigenvalue weighted by Gasteiger charge is -2.30. The number of para-hydroxylation sites is 1. The number of hydrogen-bond acceptors (Lipinski definition) is 2. The number of nitrogens with zero attached hydrogens (tertiary/aromatic N) is 1. The smallest absolute Gasteiger partial charge is 0.256 e. The summed E-state index contributed by atoms with van der Waals surface area (Å²) in [5.74, 6) is -0.0899. The van der Waals surface area contributed by atoms with Crippen molar-refractivity contribution < 1.29 is 14.5 Å². The lowest BCUT2D eigenvalue weighted by atomic mass is 9.95. The van der Waals surface area contributed by atoms with Gasteiger partial charge in [0.25, 0.3) is 5.91 Å². The maximum Gasteiger partial charge on any atom is 0.256 e. The fourth-order valence-corrected chi connectivity index (χ4v) is 2.35. The summed E-state index contributed by atoms with van der Waals surface area (Å²) in [5.41, 5.74) is 0.672. The molecule has 1 aromatic carbocycles. The lowest BCUT2D eigenvalue weighted by molar-refractivity contribution is -0.883. The van der Waals surface area contributed by atoms with Gasteiger partial charge >= 0.3 is 0 Å². The Morgan fingerprint density at radius 3 is 2.32 bits per heavy atom. The van der Waals surface area contributed by atoms with Crippen molar-refractivity contribution in [1.82, 2.24) is 4.90 Å². The molecule has 0 atom stereocenters. The van der Waals surface area contributed by atoms with E-state index in [0.717, 1.165) is 26.2 Å². The summed E-state index contributed by atoms with van der Waals surface area (Å²) in [5, 5.41) is 2.89. The predicted octanol–water partition coefficient (Wildman–Crippen LogP) is 0.642. The number of benzene rings is 1. The highest BCUT2D eigenvalue weighted by Crippen LogP contribution is 2.21. The van der Waals surface area contributed by atoms with E-state index in [4.69, 9.17) is 0 Å². The molecule has 0 radical (unpaired) electrons. The Kier molecular flexibility index (Phi) is 4.86. The van der Waals surface area contributed by atoms with E-state index in [-0.39, 0.29) is 11.8 Å². The van der Waals surface area contributed by atoms with Crippen LogP contribution in [0, 0.1) is 5.41 Å². The summed E-state index contributed by atoms with van der Waals surface area (Å²) in [4.78, 5) is 28.2. The Morgan fingerprint density at radius 2 is 1.73 bits per heavy atom. The summed E-state index contributed by atoms with van der Waals surface area (Å²) in [6, 6.07) is 7.24. The normalized spacial score (nSPS) is 16.5. The minimum Gasteiger partial charge on any atom is -0.334 e. The first-order valence-electron chi connectivity index (χ1n) is 7.80. The fraction of sp³-hybridized carbons (Fsp3) is 0.529. The van der Waals surface area contributed by atoms with Gasteiger partial charge in [-0.2, -0.15) is 0 Å². The molecular formula is C17H26N3O2+. The van der Waals surface area contributed by atoms with Crippen molar-refractivity contribution in [2.45, 2.75) is 20.8 Å². The van der Waals surface area contributed by atoms with Gasteiger partial charge in [0.05, 0.1) is 44.5 Å². The molecule has 1 aliphatic heterocycles. The second-order valence-corrected chi connectivity index (χ2v) is 7.00. The molecule has 0 spiro atoms. The van der Waals surface area contributed by atoms with Crippen LogP contribution in [-0.2, 0) is 4.79 Å². The van der Waals surface area contributed by atoms with Crippen LogP contribution in [0.4, 0.5) is 5.69 Å². The Hall–Kier alpha value is -1.88. The molecule has 1 saturated heterocycles. The van der Waals surface area contributed by atoms with Gasteiger partial charge in [-0.05, 0) is 12.1 Å². The molecule has 1 aromatic rings. The molecular weight excluding hydrogens is 278 g/mol. The van der Waals surface area contributed by atoms with Gasteiger partial charge < -0.3 is 15.1 Å². The van der Waals surface area contributed by atoms with E-state index in [0.29, 0.717) is 11.3 Å². The van der Waals surface area contributed by atoms with E-state index in [1.54, 1.807) is 12.1 Å². The van der Waals surface area contributed by atoms with Gasteiger partial charge in [-0.3, -0.25) is 9.59 Å². The highest BCUT2D eigenvalue weighted by atomic mass is 16.2. The molecule has 22 heavy (non-hydrogen) atoms. The highest BCUT2D eigenvalue weighted by molar-refractivity contribution is 6.04. The van der Waals surface area contributed by atoms with Gasteiger partial charge in [0, 0.05) is 5.41 Å². The molecule has 0 aliphatic carbocycles. The van der Waals surface area contributed by atoms with E-state index < -0.39 is 5.41 Å². The maximum absolute atomic E-state index is 12.7. The molecule has 1 fully saturated rings. The minimum atomic E-state index is -0.493. The lowest BCUT2D eigenvalue weighted by Crippen LogP contribution is -3.12. The summed E-state index contributed by atoms with van der Waals surface area (Å²) >= 11 is 0. The minimum absolute atomic E-state index is 0.00249. The van der Waals surface area contributed by atoms with Crippen molar-refractivity contribution in [2.24, 2.45) is 5.41 Å². The van der Waals surface area contributed by atoms with Crippen molar-refractivity contribution in [2.75, 3.05) is 38.5 Å². The van der Waals surface area contributed by atoms with Crippen molar-refractivity contribution >= 4 is 17.5 Å². The van der Waals surface area contributed by atoms with Gasteiger partial charge in [-0.15, -0.1) is 0 Å². The molecule has 0 saturated carbocycles. The molecule has 2 N–H and O–H groups in total. The third-order valence-corrected chi connectivity index (χ3v) is 3.99. The average Bonchev–Trinajstić information content (AvgIpc) is 2.47. The van der Waals surface area contributed by atoms with Crippen LogP contribution in [0.3, 0.4) is 0 Å². The van der Waals surface area contributed by atoms with Crippen LogP contribution >= 0.6 is 0 Å². The second kappa shape index (κ2) is 6.48. The Labute approximate surface area is 132 Å². The number of carbonyl (C=O) groups excluding carboxylic acids is 2. The third kappa shape index (κ3) is 3.85. The first-order valence-corrected chi connectivity index (χ1v) is 7.80. The molecule has 0 bridgehead atoms. The third-order valence-electron chi connectivity index (χ3n) is 3.99. The van der Waals surface area contributed by atoms with Crippen LogP contribution in [0.15, 0.2) is 24.3 Å². The average molecular weight is 304 g/mol. The number of piperazine rings is 1. The SMILES string of the molecule is C[NH+]1CCN(C(=O)c2ccccc2NC(=O)C(C)(C)C)CC1. The van der Waals surface area contributed by atoms with Crippen LogP contribution in [0.1, 0.15) is 31.1 Å². The van der Waals surface area contributed by atoms with Crippen molar-refractivity contribution in [3.8, 4) is 0 Å². The van der Waals surface area contributed by atoms with Gasteiger partial charge in [-0.1, -0.05) is 32.9 Å². The van der Waals surface area contributed by atoms with Crippen LogP contribution < -0.4 is 10.2 Å². The Bertz CT molecular complexity index is 555. The van der Waals surface area contributed by atoms with Crippen LogP contribution in [0.5, 0.6) is 0 Å². The zero-order valence-corrected chi connectivity index (χ0v) is 13.9. The molecule has 5 heteroatoms. The van der Waals surface area contributed by atoms with Crippen molar-refractivity contribution in [3.63, 3.8) is 0 Å². The van der Waals surface area contributed by atoms with Crippen LogP contribution in [0.2, 0.25) is 0 Å². The summed E-state index contributed by atoms with van der Waals surface area (Å²) in [7, 11) is 2.14. The largest absolute Gasteiger partial charge is 0.334 e. The van der Waals surface area contributed by atoms with E-state index in [9.17, 15) is 9.59 Å². The number of rotatable bonds is 2. The second-order valence-electron chi connectivity index (χ2n) is 7.00. The van der Waals surface area contributed by atoms with E-state index in [1.165, 1.54) is 4.90 Å². The molecule has 0 unspecified atom stereocenters. The van der Waals surface area contributed by atoms with E-state index >= 15 is 0 Å². The van der Waals surface area contributed by atoms with Crippen LogP contribution in [-0.4, -0.2) is 49.9 Å². The van der Waals surface area contributed by atoms with Crippen molar-refractivity contribution in [1.29, 1.82) is 0 Å². The van der Waals surface area contributed by atoms with E-state index in [2.05, 4.69) is 12.4 Å². The highest BCUT2D eigenvalue weighted by Gasteiger charge is 2.26. The first kappa shape index (κ1) is 16.5. The number of anilines is 1. The number of likely N-dealkylation sites (N-methyl/N-ethyl adjacent to an activating group) is 1. The van der Waals surface area contributed by atoms with Crippen molar-refractivity contribution in [3.05, 3.63) is 29.8 Å². The van der Waals surface area contributed by atoms with Crippen LogP contribution in [0.25, 0.3) is 0 Å². The Balaban J connectivity index is 2.17. The van der Waals surface area contributed by atoms with Gasteiger partial charge in [0.1, 0.15) is 0 Å². The fourth-order valence-electron chi connectivity index (χ4n) is 2.35. The molecule has 1 heterocycles. The topological polar surface area (TPSA) is 53.9 Å². The number of hydrogen-bond donors (Lipinski definition) is 2. The number of amides is 2. The molecule has 1 aliphatic rings. The zero-order valence-electron chi connectivity index (χ0n) is 13.9. The summed E-state index contributed by atoms with van der Waals surface area (Å²) < 4.78 is 0. The molecule has 2 rings (SSSR count). The number of nitrogens with one attached hydrogen (secondary N) is 2. The summed E-state index contributed by atoms with van der Waals surface area (Å²) in [6.45, 7) is 9.00. The monoisotopic (exact) mass is 304 g/mol. The van der Waals surface area contributed by atoms with Gasteiger partial charge in [-0.25, -0.2) is 0 Å². The van der Waals surface area contributed by atoms with E-state index in [1.807, 2.05) is 37.8 Å².